The van der Waals surface area contributed by atoms with Crippen LogP contribution in [0.5, 0.6) is 0 Å². The Hall–Kier alpha value is -1.61. The molecule has 104 valence electrons. The van der Waals surface area contributed by atoms with Gasteiger partial charge in [0.1, 0.15) is 0 Å². The first kappa shape index (κ1) is 15.4. The average Bonchev–Trinajstić information content (AvgIpc) is 2.48. The van der Waals surface area contributed by atoms with Crippen molar-refractivity contribution >= 4 is 12.0 Å². The highest BCUT2D eigenvalue weighted by atomic mass is 16.3. The number of hydrogen-bond donors (Lipinski definition) is 2. The number of aliphatic hydroxyl groups excluding tert-OH is 1. The highest BCUT2D eigenvalue weighted by molar-refractivity contribution is 5.91. The third-order valence-corrected chi connectivity index (χ3v) is 3.70. The molecule has 3 heteroatoms. The van der Waals surface area contributed by atoms with Gasteiger partial charge in [0.15, 0.2) is 0 Å². The second kappa shape index (κ2) is 7.74. The van der Waals surface area contributed by atoms with Crippen LogP contribution in [-0.4, -0.2) is 24.2 Å². The van der Waals surface area contributed by atoms with E-state index in [1.54, 1.807) is 6.08 Å². The van der Waals surface area contributed by atoms with E-state index in [0.29, 0.717) is 6.54 Å². The summed E-state index contributed by atoms with van der Waals surface area (Å²) >= 11 is 0. The molecule has 0 aliphatic carbocycles. The van der Waals surface area contributed by atoms with E-state index in [0.717, 1.165) is 18.4 Å². The number of aliphatic hydroxyl groups is 1. The number of hydrogen-bond acceptors (Lipinski definition) is 2. The van der Waals surface area contributed by atoms with Crippen LogP contribution < -0.4 is 5.32 Å². The van der Waals surface area contributed by atoms with Gasteiger partial charge in [0.2, 0.25) is 5.91 Å². The molecular formula is C16H23NO2. The van der Waals surface area contributed by atoms with Crippen molar-refractivity contribution in [1.82, 2.24) is 5.32 Å². The van der Waals surface area contributed by atoms with Crippen molar-refractivity contribution in [3.63, 3.8) is 0 Å². The van der Waals surface area contributed by atoms with Gasteiger partial charge in [-0.1, -0.05) is 44.2 Å². The summed E-state index contributed by atoms with van der Waals surface area (Å²) in [6, 6.07) is 9.69. The predicted octanol–water partition coefficient (Wildman–Crippen LogP) is 2.61. The van der Waals surface area contributed by atoms with E-state index < -0.39 is 0 Å². The van der Waals surface area contributed by atoms with Crippen molar-refractivity contribution in [2.45, 2.75) is 26.7 Å². The Morgan fingerprint density at radius 1 is 1.26 bits per heavy atom. The predicted molar refractivity (Wildman–Crippen MR) is 78.6 cm³/mol. The number of amides is 1. The molecule has 1 aromatic rings. The normalized spacial score (nSPS) is 11.7. The summed E-state index contributed by atoms with van der Waals surface area (Å²) < 4.78 is 0. The number of carbonyl (C=O) groups is 1. The van der Waals surface area contributed by atoms with Gasteiger partial charge >= 0.3 is 0 Å². The molecular weight excluding hydrogens is 238 g/mol. The Morgan fingerprint density at radius 3 is 2.42 bits per heavy atom. The van der Waals surface area contributed by atoms with Crippen molar-refractivity contribution < 1.29 is 9.90 Å². The van der Waals surface area contributed by atoms with Crippen LogP contribution >= 0.6 is 0 Å². The average molecular weight is 261 g/mol. The number of nitrogens with one attached hydrogen (secondary N) is 1. The highest BCUT2D eigenvalue weighted by Crippen LogP contribution is 2.24. The monoisotopic (exact) mass is 261 g/mol. The molecule has 0 atom stereocenters. The van der Waals surface area contributed by atoms with Gasteiger partial charge in [-0.15, -0.1) is 0 Å². The van der Waals surface area contributed by atoms with Gasteiger partial charge in [-0.3, -0.25) is 4.79 Å². The Labute approximate surface area is 115 Å². The summed E-state index contributed by atoms with van der Waals surface area (Å²) in [5, 5.41) is 12.3. The molecule has 0 bridgehead atoms. The first-order valence-electron chi connectivity index (χ1n) is 6.77. The Kier molecular flexibility index (Phi) is 6.30. The minimum absolute atomic E-state index is 0.0999. The molecule has 19 heavy (non-hydrogen) atoms. The zero-order chi connectivity index (χ0) is 14.1. The van der Waals surface area contributed by atoms with Crippen LogP contribution in [0.15, 0.2) is 36.4 Å². The Balaban J connectivity index is 2.50. The maximum Gasteiger partial charge on any atom is 0.244 e. The van der Waals surface area contributed by atoms with Crippen molar-refractivity contribution in [1.29, 1.82) is 0 Å². The number of carbonyl (C=O) groups excluding carboxylic acids is 1. The Bertz CT molecular complexity index is 400. The molecule has 0 saturated heterocycles. The zero-order valence-electron chi connectivity index (χ0n) is 11.7. The zero-order valence-corrected chi connectivity index (χ0v) is 11.7. The van der Waals surface area contributed by atoms with Gasteiger partial charge in [0.05, 0.1) is 6.61 Å². The maximum atomic E-state index is 11.7. The second-order valence-electron chi connectivity index (χ2n) is 4.83. The smallest absolute Gasteiger partial charge is 0.244 e. The molecule has 0 heterocycles. The SMILES string of the molecule is CCC(CC)(CO)CNC(=O)/C=C/c1ccccc1. The van der Waals surface area contributed by atoms with E-state index >= 15 is 0 Å². The van der Waals surface area contributed by atoms with Crippen LogP contribution in [0.25, 0.3) is 6.08 Å². The fraction of sp³-hybridized carbons (Fsp3) is 0.438. The lowest BCUT2D eigenvalue weighted by molar-refractivity contribution is -0.117. The molecule has 1 aromatic carbocycles. The molecule has 0 radical (unpaired) electrons. The molecule has 0 fully saturated rings. The van der Waals surface area contributed by atoms with Gasteiger partial charge in [-0.05, 0) is 24.5 Å². The molecule has 3 nitrogen and oxygen atoms in total. The van der Waals surface area contributed by atoms with Gasteiger partial charge in [-0.25, -0.2) is 0 Å². The molecule has 0 spiro atoms. The first-order valence-corrected chi connectivity index (χ1v) is 6.77. The topological polar surface area (TPSA) is 49.3 Å². The van der Waals surface area contributed by atoms with Crippen molar-refractivity contribution in [3.05, 3.63) is 42.0 Å². The third kappa shape index (κ3) is 4.87. The van der Waals surface area contributed by atoms with Crippen LogP contribution in [0.4, 0.5) is 0 Å². The summed E-state index contributed by atoms with van der Waals surface area (Å²) in [5.74, 6) is -0.122. The summed E-state index contributed by atoms with van der Waals surface area (Å²) in [6.07, 6.45) is 5.02. The minimum Gasteiger partial charge on any atom is -0.396 e. The lowest BCUT2D eigenvalue weighted by Crippen LogP contribution is -2.38. The third-order valence-electron chi connectivity index (χ3n) is 3.70. The van der Waals surface area contributed by atoms with Crippen LogP contribution in [-0.2, 0) is 4.79 Å². The molecule has 0 saturated carbocycles. The quantitative estimate of drug-likeness (QED) is 0.741. The molecule has 0 aromatic heterocycles. The lowest BCUT2D eigenvalue weighted by Gasteiger charge is -2.29. The van der Waals surface area contributed by atoms with Crippen molar-refractivity contribution in [2.75, 3.05) is 13.2 Å². The maximum absolute atomic E-state index is 11.7. The summed E-state index contributed by atoms with van der Waals surface area (Å²) in [5.41, 5.74) is 0.799. The fourth-order valence-corrected chi connectivity index (χ4v) is 1.85. The van der Waals surface area contributed by atoms with Crippen LogP contribution in [0, 0.1) is 5.41 Å². The molecule has 0 unspecified atom stereocenters. The second-order valence-corrected chi connectivity index (χ2v) is 4.83. The minimum atomic E-state index is -0.198. The van der Waals surface area contributed by atoms with E-state index in [1.807, 2.05) is 44.2 Å². The largest absolute Gasteiger partial charge is 0.396 e. The van der Waals surface area contributed by atoms with Crippen LogP contribution in [0.2, 0.25) is 0 Å². The van der Waals surface area contributed by atoms with Crippen LogP contribution in [0.3, 0.4) is 0 Å². The van der Waals surface area contributed by atoms with E-state index in [9.17, 15) is 9.90 Å². The summed E-state index contributed by atoms with van der Waals surface area (Å²) in [6.45, 7) is 4.68. The first-order chi connectivity index (χ1) is 9.15. The Morgan fingerprint density at radius 2 is 1.89 bits per heavy atom. The van der Waals surface area contributed by atoms with Gasteiger partial charge in [0.25, 0.3) is 0 Å². The molecule has 1 rings (SSSR count). The molecule has 1 amide bonds. The number of benzene rings is 1. The van der Waals surface area contributed by atoms with Crippen molar-refractivity contribution in [2.24, 2.45) is 5.41 Å². The fourth-order valence-electron chi connectivity index (χ4n) is 1.85. The molecule has 2 N–H and O–H groups in total. The van der Waals surface area contributed by atoms with Crippen molar-refractivity contribution in [3.8, 4) is 0 Å². The van der Waals surface area contributed by atoms with Crippen LogP contribution in [0.1, 0.15) is 32.3 Å². The van der Waals surface area contributed by atoms with E-state index in [2.05, 4.69) is 5.32 Å². The highest BCUT2D eigenvalue weighted by Gasteiger charge is 2.25. The van der Waals surface area contributed by atoms with Gasteiger partial charge < -0.3 is 10.4 Å². The van der Waals surface area contributed by atoms with E-state index in [-0.39, 0.29) is 17.9 Å². The summed E-state index contributed by atoms with van der Waals surface area (Å²) in [4.78, 5) is 11.7. The molecule has 0 aliphatic rings. The van der Waals surface area contributed by atoms with Gasteiger partial charge in [0, 0.05) is 18.0 Å². The standard InChI is InChI=1S/C16H23NO2/c1-3-16(4-2,13-18)12-17-15(19)11-10-14-8-6-5-7-9-14/h5-11,18H,3-4,12-13H2,1-2H3,(H,17,19)/b11-10+. The van der Waals surface area contributed by atoms with Gasteiger partial charge in [-0.2, -0.15) is 0 Å². The number of rotatable bonds is 7. The van der Waals surface area contributed by atoms with E-state index in [1.165, 1.54) is 6.08 Å². The molecule has 0 aliphatic heterocycles. The summed E-state index contributed by atoms with van der Waals surface area (Å²) in [7, 11) is 0. The van der Waals surface area contributed by atoms with E-state index in [4.69, 9.17) is 0 Å². The lowest BCUT2D eigenvalue weighted by atomic mass is 9.83.